The number of hydrogen-bond acceptors (Lipinski definition) is 3. The monoisotopic (exact) mass is 144 g/mol. The number of hydrogen-bond donors (Lipinski definition) is 0. The van der Waals surface area contributed by atoms with E-state index in [4.69, 9.17) is 4.74 Å². The van der Waals surface area contributed by atoms with Gasteiger partial charge in [0.2, 0.25) is 0 Å². The molecule has 3 heteroatoms. The van der Waals surface area contributed by atoms with Gasteiger partial charge in [0.15, 0.2) is 0 Å². The SMILES string of the molecule is CC/C(=C\C(=O)OC)OC. The molecule has 0 saturated heterocycles. The highest BCUT2D eigenvalue weighted by atomic mass is 16.5. The zero-order valence-corrected chi connectivity index (χ0v) is 6.51. The second kappa shape index (κ2) is 4.85. The standard InChI is InChI=1S/C7H12O3/c1-4-6(9-2)5-7(8)10-3/h5H,4H2,1-3H3/b6-5+. The van der Waals surface area contributed by atoms with Crippen molar-refractivity contribution in [1.82, 2.24) is 0 Å². The fourth-order valence-electron chi connectivity index (χ4n) is 0.496. The van der Waals surface area contributed by atoms with Crippen molar-refractivity contribution in [3.63, 3.8) is 0 Å². The van der Waals surface area contributed by atoms with Gasteiger partial charge in [0, 0.05) is 6.42 Å². The number of carbonyl (C=O) groups is 1. The van der Waals surface area contributed by atoms with E-state index < -0.39 is 0 Å². The second-order valence-corrected chi connectivity index (χ2v) is 1.69. The van der Waals surface area contributed by atoms with E-state index in [0.717, 1.165) is 0 Å². The van der Waals surface area contributed by atoms with Crippen LogP contribution < -0.4 is 0 Å². The fourth-order valence-corrected chi connectivity index (χ4v) is 0.496. The number of methoxy groups -OCH3 is 2. The molecule has 0 fully saturated rings. The van der Waals surface area contributed by atoms with Gasteiger partial charge in [-0.15, -0.1) is 0 Å². The lowest BCUT2D eigenvalue weighted by molar-refractivity contribution is -0.135. The van der Waals surface area contributed by atoms with Crippen LogP contribution in [0.1, 0.15) is 13.3 Å². The molecule has 0 aromatic rings. The first-order chi connectivity index (χ1) is 4.74. The first-order valence-electron chi connectivity index (χ1n) is 3.07. The molecule has 0 aliphatic rings. The summed E-state index contributed by atoms with van der Waals surface area (Å²) < 4.78 is 9.22. The number of rotatable bonds is 3. The van der Waals surface area contributed by atoms with Crippen molar-refractivity contribution in [2.45, 2.75) is 13.3 Å². The molecule has 0 bridgehead atoms. The molecule has 0 heterocycles. The lowest BCUT2D eigenvalue weighted by Gasteiger charge is -2.00. The highest BCUT2D eigenvalue weighted by molar-refractivity contribution is 5.82. The Labute approximate surface area is 60.6 Å². The van der Waals surface area contributed by atoms with E-state index in [-0.39, 0.29) is 5.97 Å². The van der Waals surface area contributed by atoms with Gasteiger partial charge in [0.1, 0.15) is 5.76 Å². The van der Waals surface area contributed by atoms with Crippen LogP contribution in [0.4, 0.5) is 0 Å². The number of ether oxygens (including phenoxy) is 2. The van der Waals surface area contributed by atoms with Crippen molar-refractivity contribution in [1.29, 1.82) is 0 Å². The van der Waals surface area contributed by atoms with Crippen LogP contribution in [-0.4, -0.2) is 20.2 Å². The molecule has 0 spiro atoms. The van der Waals surface area contributed by atoms with Gasteiger partial charge in [-0.2, -0.15) is 0 Å². The predicted molar refractivity (Wildman–Crippen MR) is 37.4 cm³/mol. The van der Waals surface area contributed by atoms with Crippen LogP contribution in [0.5, 0.6) is 0 Å². The Bertz CT molecular complexity index is 132. The van der Waals surface area contributed by atoms with Gasteiger partial charge in [0.25, 0.3) is 0 Å². The Kier molecular flexibility index (Phi) is 4.37. The molecule has 0 N–H and O–H groups in total. The maximum absolute atomic E-state index is 10.6. The van der Waals surface area contributed by atoms with Gasteiger partial charge >= 0.3 is 5.97 Å². The van der Waals surface area contributed by atoms with Crippen molar-refractivity contribution >= 4 is 5.97 Å². The average molecular weight is 144 g/mol. The van der Waals surface area contributed by atoms with Crippen LogP contribution in [0, 0.1) is 0 Å². The van der Waals surface area contributed by atoms with Gasteiger partial charge < -0.3 is 9.47 Å². The van der Waals surface area contributed by atoms with Crippen molar-refractivity contribution in [2.75, 3.05) is 14.2 Å². The topological polar surface area (TPSA) is 35.5 Å². The van der Waals surface area contributed by atoms with Gasteiger partial charge in [-0.3, -0.25) is 0 Å². The molecule has 0 atom stereocenters. The Hall–Kier alpha value is -0.990. The third-order valence-electron chi connectivity index (χ3n) is 1.09. The van der Waals surface area contributed by atoms with Crippen LogP contribution in [0.25, 0.3) is 0 Å². The highest BCUT2D eigenvalue weighted by Gasteiger charge is 1.97. The summed E-state index contributed by atoms with van der Waals surface area (Å²) in [6.45, 7) is 1.90. The zero-order chi connectivity index (χ0) is 7.98. The summed E-state index contributed by atoms with van der Waals surface area (Å²) in [5, 5.41) is 0. The summed E-state index contributed by atoms with van der Waals surface area (Å²) in [6.07, 6.45) is 2.03. The Balaban J connectivity index is 3.96. The molecule has 0 saturated carbocycles. The molecule has 0 aromatic carbocycles. The lowest BCUT2D eigenvalue weighted by atomic mass is 10.3. The van der Waals surface area contributed by atoms with Gasteiger partial charge in [-0.05, 0) is 0 Å². The minimum absolute atomic E-state index is 0.376. The van der Waals surface area contributed by atoms with Crippen LogP contribution in [0.3, 0.4) is 0 Å². The summed E-state index contributed by atoms with van der Waals surface area (Å²) >= 11 is 0. The smallest absolute Gasteiger partial charge is 0.333 e. The highest BCUT2D eigenvalue weighted by Crippen LogP contribution is 1.99. The van der Waals surface area contributed by atoms with Crippen LogP contribution in [-0.2, 0) is 14.3 Å². The number of esters is 1. The van der Waals surface area contributed by atoms with E-state index in [1.165, 1.54) is 20.3 Å². The molecule has 0 rings (SSSR count). The fraction of sp³-hybridized carbons (Fsp3) is 0.571. The molecule has 3 nitrogen and oxygen atoms in total. The molecular formula is C7H12O3. The minimum atomic E-state index is -0.376. The third-order valence-corrected chi connectivity index (χ3v) is 1.09. The third kappa shape index (κ3) is 3.12. The minimum Gasteiger partial charge on any atom is -0.501 e. The van der Waals surface area contributed by atoms with E-state index in [0.29, 0.717) is 12.2 Å². The molecule has 0 radical (unpaired) electrons. The molecule has 0 aromatic heterocycles. The Morgan fingerprint density at radius 2 is 2.00 bits per heavy atom. The first kappa shape index (κ1) is 9.01. The maximum Gasteiger partial charge on any atom is 0.333 e. The van der Waals surface area contributed by atoms with E-state index in [1.54, 1.807) is 0 Å². The van der Waals surface area contributed by atoms with Crippen molar-refractivity contribution < 1.29 is 14.3 Å². The molecule has 0 amide bonds. The summed E-state index contributed by atoms with van der Waals surface area (Å²) in [7, 11) is 2.86. The predicted octanol–water partition coefficient (Wildman–Crippen LogP) is 1.10. The first-order valence-corrected chi connectivity index (χ1v) is 3.07. The molecule has 10 heavy (non-hydrogen) atoms. The van der Waals surface area contributed by atoms with E-state index >= 15 is 0 Å². The maximum atomic E-state index is 10.6. The van der Waals surface area contributed by atoms with Crippen molar-refractivity contribution in [3.05, 3.63) is 11.8 Å². The summed E-state index contributed by atoms with van der Waals surface area (Å²) in [6, 6.07) is 0. The summed E-state index contributed by atoms with van der Waals surface area (Å²) in [5.74, 6) is 0.255. The van der Waals surface area contributed by atoms with Crippen LogP contribution in [0.2, 0.25) is 0 Å². The quantitative estimate of drug-likeness (QED) is 0.338. The largest absolute Gasteiger partial charge is 0.501 e. The molecule has 0 aliphatic heterocycles. The van der Waals surface area contributed by atoms with Gasteiger partial charge in [-0.1, -0.05) is 6.92 Å². The van der Waals surface area contributed by atoms with E-state index in [1.807, 2.05) is 6.92 Å². The van der Waals surface area contributed by atoms with Gasteiger partial charge in [-0.25, -0.2) is 4.79 Å². The molecule has 58 valence electrons. The molecule has 0 unspecified atom stereocenters. The van der Waals surface area contributed by atoms with Crippen LogP contribution in [0.15, 0.2) is 11.8 Å². The van der Waals surface area contributed by atoms with Gasteiger partial charge in [0.05, 0.1) is 20.3 Å². The summed E-state index contributed by atoms with van der Waals surface area (Å²) in [5.41, 5.74) is 0. The normalized spacial score (nSPS) is 10.9. The Morgan fingerprint density at radius 1 is 1.40 bits per heavy atom. The molecule has 0 aliphatic carbocycles. The van der Waals surface area contributed by atoms with E-state index in [9.17, 15) is 4.79 Å². The second-order valence-electron chi connectivity index (χ2n) is 1.69. The van der Waals surface area contributed by atoms with E-state index in [2.05, 4.69) is 4.74 Å². The summed E-state index contributed by atoms with van der Waals surface area (Å²) in [4.78, 5) is 10.6. The lowest BCUT2D eigenvalue weighted by Crippen LogP contribution is -1.97. The molecular weight excluding hydrogens is 132 g/mol. The number of carbonyl (C=O) groups excluding carboxylic acids is 1. The average Bonchev–Trinajstić information content (AvgIpc) is 1.99. The Morgan fingerprint density at radius 3 is 2.30 bits per heavy atom. The van der Waals surface area contributed by atoms with Crippen LogP contribution >= 0.6 is 0 Å². The van der Waals surface area contributed by atoms with Crippen molar-refractivity contribution in [3.8, 4) is 0 Å². The van der Waals surface area contributed by atoms with Crippen molar-refractivity contribution in [2.24, 2.45) is 0 Å². The zero-order valence-electron chi connectivity index (χ0n) is 6.51. The number of allylic oxidation sites excluding steroid dienone is 1.